The summed E-state index contributed by atoms with van der Waals surface area (Å²) in [7, 11) is 1.31. The summed E-state index contributed by atoms with van der Waals surface area (Å²) in [6.07, 6.45) is 0. The lowest BCUT2D eigenvalue weighted by molar-refractivity contribution is -0.142. The maximum atomic E-state index is 11.9. The highest BCUT2D eigenvalue weighted by Crippen LogP contribution is 2.11. The van der Waals surface area contributed by atoms with Crippen LogP contribution in [0.25, 0.3) is 0 Å². The van der Waals surface area contributed by atoms with Crippen molar-refractivity contribution < 1.29 is 19.1 Å². The molecule has 114 valence electrons. The number of hydrogen-bond donors (Lipinski definition) is 1. The molecule has 1 aromatic carbocycles. The Morgan fingerprint density at radius 3 is 2.52 bits per heavy atom. The van der Waals surface area contributed by atoms with Gasteiger partial charge in [0.05, 0.1) is 20.2 Å². The Kier molecular flexibility index (Phi) is 6.55. The molecule has 21 heavy (non-hydrogen) atoms. The number of likely N-dealkylation sites (N-methyl/N-ethyl adjacent to an activating group) is 1. The summed E-state index contributed by atoms with van der Waals surface area (Å²) in [6.45, 7) is 4.02. The average molecular weight is 292 g/mol. The molecule has 0 aromatic heterocycles. The van der Waals surface area contributed by atoms with Gasteiger partial charge in [-0.3, -0.25) is 19.3 Å². The van der Waals surface area contributed by atoms with Crippen molar-refractivity contribution >= 4 is 23.3 Å². The Morgan fingerprint density at radius 1 is 1.24 bits per heavy atom. The van der Waals surface area contributed by atoms with Crippen molar-refractivity contribution in [3.63, 3.8) is 0 Å². The summed E-state index contributed by atoms with van der Waals surface area (Å²) in [6, 6.07) is 6.73. The van der Waals surface area contributed by atoms with Gasteiger partial charge in [0, 0.05) is 11.3 Å². The number of methoxy groups -OCH3 is 1. The van der Waals surface area contributed by atoms with Gasteiger partial charge in [-0.2, -0.15) is 0 Å². The van der Waals surface area contributed by atoms with E-state index in [1.54, 1.807) is 29.2 Å². The molecule has 0 heterocycles. The van der Waals surface area contributed by atoms with Crippen molar-refractivity contribution in [2.45, 2.75) is 13.8 Å². The standard InChI is InChI=1S/C15H20N2O4/c1-4-17(10-15(20)21-3)9-14(19)16-13-7-5-6-12(8-13)11(2)18/h5-8H,4,9-10H2,1-3H3,(H,16,19). The Morgan fingerprint density at radius 2 is 1.95 bits per heavy atom. The normalized spacial score (nSPS) is 10.3. The van der Waals surface area contributed by atoms with E-state index in [9.17, 15) is 14.4 Å². The van der Waals surface area contributed by atoms with Gasteiger partial charge in [-0.15, -0.1) is 0 Å². The first kappa shape index (κ1) is 16.8. The third-order valence-electron chi connectivity index (χ3n) is 2.95. The number of ether oxygens (including phenoxy) is 1. The van der Waals surface area contributed by atoms with Crippen molar-refractivity contribution in [2.75, 3.05) is 32.1 Å². The van der Waals surface area contributed by atoms with Crippen LogP contribution >= 0.6 is 0 Å². The number of ketones is 1. The number of anilines is 1. The first-order chi connectivity index (χ1) is 9.96. The van der Waals surface area contributed by atoms with Crippen LogP contribution in [0.1, 0.15) is 24.2 Å². The molecule has 1 rings (SSSR count). The van der Waals surface area contributed by atoms with Crippen LogP contribution in [0.3, 0.4) is 0 Å². The number of nitrogens with zero attached hydrogens (tertiary/aromatic N) is 1. The molecule has 6 nitrogen and oxygen atoms in total. The fourth-order valence-corrected chi connectivity index (χ4v) is 1.75. The molecule has 0 atom stereocenters. The van der Waals surface area contributed by atoms with Crippen LogP contribution in [0.15, 0.2) is 24.3 Å². The van der Waals surface area contributed by atoms with E-state index in [0.717, 1.165) is 0 Å². The highest BCUT2D eigenvalue weighted by molar-refractivity contribution is 5.97. The maximum Gasteiger partial charge on any atom is 0.319 e. The monoisotopic (exact) mass is 292 g/mol. The zero-order valence-corrected chi connectivity index (χ0v) is 12.5. The summed E-state index contributed by atoms with van der Waals surface area (Å²) in [5.41, 5.74) is 1.09. The van der Waals surface area contributed by atoms with Crippen molar-refractivity contribution in [2.24, 2.45) is 0 Å². The summed E-state index contributed by atoms with van der Waals surface area (Å²) in [4.78, 5) is 36.1. The zero-order chi connectivity index (χ0) is 15.8. The van der Waals surface area contributed by atoms with Crippen molar-refractivity contribution in [3.05, 3.63) is 29.8 Å². The van der Waals surface area contributed by atoms with Crippen molar-refractivity contribution in [3.8, 4) is 0 Å². The molecule has 0 bridgehead atoms. The number of esters is 1. The summed E-state index contributed by atoms with van der Waals surface area (Å²) in [5, 5.41) is 2.71. The molecule has 0 aliphatic carbocycles. The quantitative estimate of drug-likeness (QED) is 0.606. The minimum atomic E-state index is -0.386. The SMILES string of the molecule is CCN(CC(=O)Nc1cccc(C(C)=O)c1)CC(=O)OC. The fourth-order valence-electron chi connectivity index (χ4n) is 1.75. The van der Waals surface area contributed by atoms with Gasteiger partial charge in [0.15, 0.2) is 5.78 Å². The number of hydrogen-bond acceptors (Lipinski definition) is 5. The Hall–Kier alpha value is -2.21. The second-order valence-electron chi connectivity index (χ2n) is 4.56. The highest BCUT2D eigenvalue weighted by Gasteiger charge is 2.13. The first-order valence-corrected chi connectivity index (χ1v) is 6.66. The molecule has 0 fully saturated rings. The van der Waals surface area contributed by atoms with Crippen LogP contribution in [0.2, 0.25) is 0 Å². The molecule has 1 amide bonds. The van der Waals surface area contributed by atoms with Crippen LogP contribution in [0.5, 0.6) is 0 Å². The predicted octanol–water partition coefficient (Wildman–Crippen LogP) is 1.32. The molecule has 0 radical (unpaired) electrons. The van der Waals surface area contributed by atoms with Gasteiger partial charge in [-0.25, -0.2) is 0 Å². The topological polar surface area (TPSA) is 75.7 Å². The van der Waals surface area contributed by atoms with E-state index in [2.05, 4.69) is 10.1 Å². The van der Waals surface area contributed by atoms with E-state index in [1.165, 1.54) is 14.0 Å². The largest absolute Gasteiger partial charge is 0.468 e. The third-order valence-corrected chi connectivity index (χ3v) is 2.95. The second-order valence-corrected chi connectivity index (χ2v) is 4.56. The van der Waals surface area contributed by atoms with E-state index >= 15 is 0 Å². The number of benzene rings is 1. The van der Waals surface area contributed by atoms with Crippen LogP contribution in [-0.4, -0.2) is 49.3 Å². The Labute approximate surface area is 124 Å². The second kappa shape index (κ2) is 8.16. The zero-order valence-electron chi connectivity index (χ0n) is 12.5. The Balaban J connectivity index is 2.62. The molecule has 1 N–H and O–H groups in total. The molecule has 0 unspecified atom stereocenters. The van der Waals surface area contributed by atoms with E-state index in [0.29, 0.717) is 17.8 Å². The lowest BCUT2D eigenvalue weighted by Gasteiger charge is -2.18. The average Bonchev–Trinajstić information content (AvgIpc) is 2.46. The van der Waals surface area contributed by atoms with Gasteiger partial charge >= 0.3 is 5.97 Å². The number of Topliss-reactive ketones (excluding diaryl/α,β-unsaturated/α-hetero) is 1. The lowest BCUT2D eigenvalue weighted by atomic mass is 10.1. The lowest BCUT2D eigenvalue weighted by Crippen LogP contribution is -2.37. The molecule has 6 heteroatoms. The predicted molar refractivity (Wildman–Crippen MR) is 79.2 cm³/mol. The molecule has 1 aromatic rings. The van der Waals surface area contributed by atoms with Gasteiger partial charge in [0.25, 0.3) is 0 Å². The molecular weight excluding hydrogens is 272 g/mol. The van der Waals surface area contributed by atoms with Crippen LogP contribution in [-0.2, 0) is 14.3 Å². The van der Waals surface area contributed by atoms with Crippen LogP contribution in [0, 0.1) is 0 Å². The smallest absolute Gasteiger partial charge is 0.319 e. The number of rotatable bonds is 7. The van der Waals surface area contributed by atoms with Crippen molar-refractivity contribution in [1.82, 2.24) is 4.90 Å². The highest BCUT2D eigenvalue weighted by atomic mass is 16.5. The minimum Gasteiger partial charge on any atom is -0.468 e. The maximum absolute atomic E-state index is 11.9. The molecule has 0 saturated carbocycles. The van der Waals surface area contributed by atoms with E-state index in [4.69, 9.17) is 0 Å². The summed E-state index contributed by atoms with van der Waals surface area (Å²) >= 11 is 0. The molecule has 0 spiro atoms. The number of carbonyl (C=O) groups excluding carboxylic acids is 3. The molecular formula is C15H20N2O4. The summed E-state index contributed by atoms with van der Waals surface area (Å²) in [5.74, 6) is -0.698. The van der Waals surface area contributed by atoms with Crippen LogP contribution in [0.4, 0.5) is 5.69 Å². The fraction of sp³-hybridized carbons (Fsp3) is 0.400. The van der Waals surface area contributed by atoms with Gasteiger partial charge in [0.2, 0.25) is 5.91 Å². The minimum absolute atomic E-state index is 0.0630. The Bertz CT molecular complexity index is 528. The van der Waals surface area contributed by atoms with Gasteiger partial charge < -0.3 is 10.1 Å². The molecule has 0 aliphatic heterocycles. The number of nitrogens with one attached hydrogen (secondary N) is 1. The third kappa shape index (κ3) is 5.74. The molecule has 0 saturated heterocycles. The first-order valence-electron chi connectivity index (χ1n) is 6.66. The summed E-state index contributed by atoms with van der Waals surface area (Å²) < 4.78 is 4.57. The van der Waals surface area contributed by atoms with E-state index in [-0.39, 0.29) is 30.7 Å². The number of amides is 1. The van der Waals surface area contributed by atoms with Gasteiger partial charge in [-0.1, -0.05) is 19.1 Å². The van der Waals surface area contributed by atoms with Gasteiger partial charge in [-0.05, 0) is 25.6 Å². The van der Waals surface area contributed by atoms with Gasteiger partial charge in [0.1, 0.15) is 0 Å². The van der Waals surface area contributed by atoms with Crippen molar-refractivity contribution in [1.29, 1.82) is 0 Å². The molecule has 0 aliphatic rings. The van der Waals surface area contributed by atoms with E-state index in [1.807, 2.05) is 6.92 Å². The van der Waals surface area contributed by atoms with Crippen LogP contribution < -0.4 is 5.32 Å². The number of carbonyl (C=O) groups is 3. The van der Waals surface area contributed by atoms with E-state index < -0.39 is 0 Å².